The van der Waals surface area contributed by atoms with Gasteiger partial charge in [0.1, 0.15) is 4.90 Å². The second-order valence-corrected chi connectivity index (χ2v) is 4.97. The number of rotatable bonds is 2. The number of nitrogens with one attached hydrogen (secondary N) is 2. The Morgan fingerprint density at radius 2 is 1.76 bits per heavy atom. The van der Waals surface area contributed by atoms with Gasteiger partial charge in [-0.2, -0.15) is 0 Å². The molecule has 5 nitrogen and oxygen atoms in total. The fraction of sp³-hybridized carbons (Fsp3) is 0.0909. The van der Waals surface area contributed by atoms with Crippen LogP contribution in [0.25, 0.3) is 0 Å². The Hall–Kier alpha value is -1.95. The fourth-order valence-corrected chi connectivity index (χ4v) is 2.35. The molecule has 0 radical (unpaired) electrons. The number of aryl methyl sites for hydroxylation is 1. The van der Waals surface area contributed by atoms with Gasteiger partial charge in [0.2, 0.25) is 0 Å². The molecule has 0 saturated heterocycles. The van der Waals surface area contributed by atoms with Crippen LogP contribution < -0.4 is 11.2 Å². The lowest BCUT2D eigenvalue weighted by Crippen LogP contribution is -2.24. The third-order valence-corrected chi connectivity index (χ3v) is 3.62. The molecule has 6 heteroatoms. The number of aromatic nitrogens is 2. The molecule has 1 heterocycles. The number of aromatic amines is 2. The van der Waals surface area contributed by atoms with Crippen molar-refractivity contribution in [2.75, 3.05) is 0 Å². The van der Waals surface area contributed by atoms with Crippen LogP contribution in [0.1, 0.15) is 5.56 Å². The average Bonchev–Trinajstić information content (AvgIpc) is 2.29. The molecule has 0 aliphatic carbocycles. The van der Waals surface area contributed by atoms with Crippen molar-refractivity contribution in [1.82, 2.24) is 9.97 Å². The first-order chi connectivity index (χ1) is 8.08. The van der Waals surface area contributed by atoms with E-state index in [2.05, 4.69) is 4.98 Å². The van der Waals surface area contributed by atoms with Crippen LogP contribution in [0.2, 0.25) is 0 Å². The molecule has 0 saturated carbocycles. The third-order valence-electron chi connectivity index (χ3n) is 2.22. The van der Waals surface area contributed by atoms with E-state index in [4.69, 9.17) is 0 Å². The minimum atomic E-state index is -1.59. The molecule has 1 atom stereocenters. The predicted octanol–water partition coefficient (Wildman–Crippen LogP) is 0.538. The van der Waals surface area contributed by atoms with Gasteiger partial charge in [-0.25, -0.2) is 9.00 Å². The topological polar surface area (TPSA) is 82.8 Å². The summed E-state index contributed by atoms with van der Waals surface area (Å²) in [7, 11) is -1.59. The van der Waals surface area contributed by atoms with E-state index in [0.29, 0.717) is 4.90 Å². The maximum Gasteiger partial charge on any atom is 0.325 e. The van der Waals surface area contributed by atoms with Crippen molar-refractivity contribution < 1.29 is 4.21 Å². The van der Waals surface area contributed by atoms with E-state index in [0.717, 1.165) is 5.56 Å². The molecule has 2 rings (SSSR count). The van der Waals surface area contributed by atoms with Gasteiger partial charge in [-0.1, -0.05) is 17.7 Å². The smallest absolute Gasteiger partial charge is 0.313 e. The maximum absolute atomic E-state index is 12.1. The van der Waals surface area contributed by atoms with Gasteiger partial charge in [0.05, 0.1) is 10.8 Å². The van der Waals surface area contributed by atoms with Crippen molar-refractivity contribution in [2.45, 2.75) is 16.7 Å². The zero-order valence-corrected chi connectivity index (χ0v) is 9.84. The van der Waals surface area contributed by atoms with E-state index in [1.165, 1.54) is 6.20 Å². The molecule has 2 N–H and O–H groups in total. The first-order valence-electron chi connectivity index (χ1n) is 4.88. The number of hydrogen-bond acceptors (Lipinski definition) is 3. The lowest BCUT2D eigenvalue weighted by atomic mass is 10.2. The highest BCUT2D eigenvalue weighted by atomic mass is 32.2. The number of hydrogen-bond donors (Lipinski definition) is 2. The van der Waals surface area contributed by atoms with Gasteiger partial charge < -0.3 is 4.98 Å². The van der Waals surface area contributed by atoms with Crippen molar-refractivity contribution in [2.24, 2.45) is 0 Å². The summed E-state index contributed by atoms with van der Waals surface area (Å²) < 4.78 is 12.1. The van der Waals surface area contributed by atoms with Crippen LogP contribution in [0, 0.1) is 6.92 Å². The molecule has 1 aromatic carbocycles. The van der Waals surface area contributed by atoms with E-state index < -0.39 is 22.0 Å². The van der Waals surface area contributed by atoms with Crippen LogP contribution in [-0.2, 0) is 10.8 Å². The lowest BCUT2D eigenvalue weighted by molar-refractivity contribution is 0.681. The minimum Gasteiger partial charge on any atom is -0.313 e. The molecule has 0 fully saturated rings. The third kappa shape index (κ3) is 2.42. The van der Waals surface area contributed by atoms with Crippen LogP contribution in [-0.4, -0.2) is 14.2 Å². The molecular weight excluding hydrogens is 240 g/mol. The summed E-state index contributed by atoms with van der Waals surface area (Å²) in [6.45, 7) is 1.92. The van der Waals surface area contributed by atoms with Crippen LogP contribution >= 0.6 is 0 Å². The van der Waals surface area contributed by atoms with Crippen LogP contribution in [0.15, 0.2) is 49.8 Å². The molecule has 2 aromatic rings. The van der Waals surface area contributed by atoms with Crippen molar-refractivity contribution in [1.29, 1.82) is 0 Å². The fourth-order valence-electron chi connectivity index (χ4n) is 1.32. The van der Waals surface area contributed by atoms with Gasteiger partial charge in [0.15, 0.2) is 0 Å². The Morgan fingerprint density at radius 3 is 2.35 bits per heavy atom. The molecule has 0 aliphatic heterocycles. The standard InChI is InChI=1S/C11H10N2O3S/c1-7-2-4-8(5-3-7)17(16)9-6-12-11(15)13-10(9)14/h2-6H,1H3,(H2,12,13,14,15). The summed E-state index contributed by atoms with van der Waals surface area (Å²) in [5.74, 6) is 0. The molecule has 88 valence electrons. The van der Waals surface area contributed by atoms with E-state index in [9.17, 15) is 13.8 Å². The van der Waals surface area contributed by atoms with E-state index in [-0.39, 0.29) is 4.90 Å². The lowest BCUT2D eigenvalue weighted by Gasteiger charge is -2.01. The van der Waals surface area contributed by atoms with Gasteiger partial charge >= 0.3 is 5.69 Å². The minimum absolute atomic E-state index is 0.0356. The second kappa shape index (κ2) is 4.50. The summed E-state index contributed by atoms with van der Waals surface area (Å²) in [4.78, 5) is 27.2. The first kappa shape index (κ1) is 11.5. The number of H-pyrrole nitrogens is 2. The molecule has 17 heavy (non-hydrogen) atoms. The van der Waals surface area contributed by atoms with Crippen molar-refractivity contribution in [3.63, 3.8) is 0 Å². The van der Waals surface area contributed by atoms with E-state index in [1.54, 1.807) is 12.1 Å². The zero-order chi connectivity index (χ0) is 12.4. The molecule has 1 aromatic heterocycles. The Balaban J connectivity index is 2.47. The summed E-state index contributed by atoms with van der Waals surface area (Å²) in [6, 6.07) is 7.01. The molecule has 0 amide bonds. The summed E-state index contributed by atoms with van der Waals surface area (Å²) in [5, 5.41) is 0. The van der Waals surface area contributed by atoms with Crippen molar-refractivity contribution in [3.8, 4) is 0 Å². The Morgan fingerprint density at radius 1 is 1.12 bits per heavy atom. The van der Waals surface area contributed by atoms with Crippen LogP contribution in [0.3, 0.4) is 0 Å². The molecule has 1 unspecified atom stereocenters. The monoisotopic (exact) mass is 250 g/mol. The van der Waals surface area contributed by atoms with Gasteiger partial charge in [-0.3, -0.25) is 9.78 Å². The SMILES string of the molecule is Cc1ccc(S(=O)c2c[nH]c(=O)[nH]c2=O)cc1. The van der Waals surface area contributed by atoms with Gasteiger partial charge in [-0.05, 0) is 19.1 Å². The van der Waals surface area contributed by atoms with E-state index in [1.807, 2.05) is 24.0 Å². The summed E-state index contributed by atoms with van der Waals surface area (Å²) in [6.07, 6.45) is 1.18. The quantitative estimate of drug-likeness (QED) is 0.816. The highest BCUT2D eigenvalue weighted by Crippen LogP contribution is 2.12. The van der Waals surface area contributed by atoms with E-state index >= 15 is 0 Å². The van der Waals surface area contributed by atoms with Gasteiger partial charge in [0.25, 0.3) is 5.56 Å². The first-order valence-corrected chi connectivity index (χ1v) is 6.03. The van der Waals surface area contributed by atoms with Crippen molar-refractivity contribution >= 4 is 10.8 Å². The van der Waals surface area contributed by atoms with Gasteiger partial charge in [-0.15, -0.1) is 0 Å². The Labute approximate surface area is 99.0 Å². The second-order valence-electron chi connectivity index (χ2n) is 3.52. The largest absolute Gasteiger partial charge is 0.325 e. The average molecular weight is 250 g/mol. The zero-order valence-electron chi connectivity index (χ0n) is 9.02. The predicted molar refractivity (Wildman–Crippen MR) is 63.5 cm³/mol. The Kier molecular flexibility index (Phi) is 3.06. The van der Waals surface area contributed by atoms with Gasteiger partial charge in [0, 0.05) is 11.1 Å². The highest BCUT2D eigenvalue weighted by Gasteiger charge is 2.11. The number of benzene rings is 1. The molecule has 0 bridgehead atoms. The Bertz CT molecular complexity index is 670. The van der Waals surface area contributed by atoms with Crippen molar-refractivity contribution in [3.05, 3.63) is 56.9 Å². The normalized spacial score (nSPS) is 12.3. The highest BCUT2D eigenvalue weighted by molar-refractivity contribution is 7.85. The summed E-state index contributed by atoms with van der Waals surface area (Å²) in [5.41, 5.74) is -0.201. The maximum atomic E-state index is 12.1. The van der Waals surface area contributed by atoms with Crippen LogP contribution in [0.4, 0.5) is 0 Å². The van der Waals surface area contributed by atoms with Crippen LogP contribution in [0.5, 0.6) is 0 Å². The molecular formula is C11H10N2O3S. The summed E-state index contributed by atoms with van der Waals surface area (Å²) >= 11 is 0. The molecule has 0 spiro atoms. The molecule has 0 aliphatic rings.